The van der Waals surface area contributed by atoms with Crippen LogP contribution >= 0.6 is 0 Å². The molecular weight excluding hydrogens is 464 g/mol. The molecule has 0 radical (unpaired) electrons. The normalized spacial score (nSPS) is 11.7. The highest BCUT2D eigenvalue weighted by Crippen LogP contribution is 2.33. The van der Waals surface area contributed by atoms with Crippen LogP contribution in [-0.2, 0) is 24.3 Å². The van der Waals surface area contributed by atoms with E-state index in [1.807, 2.05) is 85.8 Å². The molecule has 1 heterocycles. The SMILES string of the molecule is Cc1ccc(CN(C(=O)c2ccc3c(c2)OCO3)c2cccc(CC(=O)NCc3ccccc3)c2)cc1. The molecule has 5 rings (SSSR count). The second-order valence-corrected chi connectivity index (χ2v) is 9.05. The minimum Gasteiger partial charge on any atom is -0.454 e. The van der Waals surface area contributed by atoms with Crippen molar-refractivity contribution in [3.63, 3.8) is 0 Å². The van der Waals surface area contributed by atoms with E-state index in [9.17, 15) is 9.59 Å². The lowest BCUT2D eigenvalue weighted by atomic mass is 10.1. The summed E-state index contributed by atoms with van der Waals surface area (Å²) in [5.74, 6) is 0.952. The number of rotatable bonds is 8. The topological polar surface area (TPSA) is 67.9 Å². The maximum absolute atomic E-state index is 13.8. The molecule has 0 fully saturated rings. The third-order valence-corrected chi connectivity index (χ3v) is 6.25. The fourth-order valence-corrected chi connectivity index (χ4v) is 4.22. The predicted octanol–water partition coefficient (Wildman–Crippen LogP) is 5.43. The summed E-state index contributed by atoms with van der Waals surface area (Å²) in [5.41, 5.74) is 5.25. The minimum atomic E-state index is -0.162. The summed E-state index contributed by atoms with van der Waals surface area (Å²) in [6.07, 6.45) is 0.220. The lowest BCUT2D eigenvalue weighted by molar-refractivity contribution is -0.120. The maximum Gasteiger partial charge on any atom is 0.258 e. The summed E-state index contributed by atoms with van der Waals surface area (Å²) in [6, 6.07) is 30.7. The van der Waals surface area contributed by atoms with Crippen LogP contribution in [-0.4, -0.2) is 18.6 Å². The van der Waals surface area contributed by atoms with Gasteiger partial charge < -0.3 is 19.7 Å². The fraction of sp³-hybridized carbons (Fsp3) is 0.161. The zero-order valence-corrected chi connectivity index (χ0v) is 20.6. The van der Waals surface area contributed by atoms with E-state index >= 15 is 0 Å². The Balaban J connectivity index is 1.37. The first-order valence-electron chi connectivity index (χ1n) is 12.2. The number of carbonyl (C=O) groups excluding carboxylic acids is 2. The monoisotopic (exact) mass is 492 g/mol. The van der Waals surface area contributed by atoms with Gasteiger partial charge in [0.05, 0.1) is 13.0 Å². The van der Waals surface area contributed by atoms with Gasteiger partial charge in [-0.1, -0.05) is 72.3 Å². The van der Waals surface area contributed by atoms with Crippen LogP contribution in [0, 0.1) is 6.92 Å². The number of benzene rings is 4. The average molecular weight is 493 g/mol. The van der Waals surface area contributed by atoms with Crippen molar-refractivity contribution in [1.29, 1.82) is 0 Å². The fourth-order valence-electron chi connectivity index (χ4n) is 4.22. The van der Waals surface area contributed by atoms with Crippen molar-refractivity contribution in [3.05, 3.63) is 125 Å². The molecule has 0 saturated heterocycles. The van der Waals surface area contributed by atoms with E-state index in [0.29, 0.717) is 30.2 Å². The number of hydrogen-bond acceptors (Lipinski definition) is 4. The number of amides is 2. The highest BCUT2D eigenvalue weighted by atomic mass is 16.7. The minimum absolute atomic E-state index is 0.0758. The number of ether oxygens (including phenoxy) is 2. The summed E-state index contributed by atoms with van der Waals surface area (Å²) in [6.45, 7) is 3.04. The van der Waals surface area contributed by atoms with Gasteiger partial charge in [-0.15, -0.1) is 0 Å². The van der Waals surface area contributed by atoms with Crippen LogP contribution in [0.15, 0.2) is 97.1 Å². The van der Waals surface area contributed by atoms with Crippen molar-refractivity contribution in [2.24, 2.45) is 0 Å². The van der Waals surface area contributed by atoms with Gasteiger partial charge in [0.15, 0.2) is 11.5 Å². The molecule has 2 amide bonds. The van der Waals surface area contributed by atoms with Gasteiger partial charge in [-0.25, -0.2) is 0 Å². The largest absolute Gasteiger partial charge is 0.454 e. The van der Waals surface area contributed by atoms with Crippen molar-refractivity contribution < 1.29 is 19.1 Å². The van der Waals surface area contributed by atoms with Crippen molar-refractivity contribution in [2.45, 2.75) is 26.4 Å². The molecule has 186 valence electrons. The van der Waals surface area contributed by atoms with Crippen molar-refractivity contribution in [1.82, 2.24) is 5.32 Å². The first kappa shape index (κ1) is 24.1. The molecule has 0 bridgehead atoms. The number of hydrogen-bond donors (Lipinski definition) is 1. The highest BCUT2D eigenvalue weighted by molar-refractivity contribution is 6.06. The Hall–Kier alpha value is -4.58. The molecule has 1 N–H and O–H groups in total. The first-order valence-corrected chi connectivity index (χ1v) is 12.2. The summed E-state index contributed by atoms with van der Waals surface area (Å²) < 4.78 is 10.9. The van der Waals surface area contributed by atoms with E-state index in [0.717, 1.165) is 27.9 Å². The number of aryl methyl sites for hydroxylation is 1. The van der Waals surface area contributed by atoms with Crippen LogP contribution in [0.1, 0.15) is 32.6 Å². The van der Waals surface area contributed by atoms with Gasteiger partial charge in [0, 0.05) is 17.8 Å². The van der Waals surface area contributed by atoms with Gasteiger partial charge in [-0.2, -0.15) is 0 Å². The van der Waals surface area contributed by atoms with E-state index in [1.54, 1.807) is 23.1 Å². The second-order valence-electron chi connectivity index (χ2n) is 9.05. The number of nitrogens with one attached hydrogen (secondary N) is 1. The van der Waals surface area contributed by atoms with E-state index < -0.39 is 0 Å². The lowest BCUT2D eigenvalue weighted by Crippen LogP contribution is -2.30. The van der Waals surface area contributed by atoms with E-state index in [-0.39, 0.29) is 25.0 Å². The van der Waals surface area contributed by atoms with Crippen LogP contribution in [0.3, 0.4) is 0 Å². The Morgan fingerprint density at radius 1 is 0.784 bits per heavy atom. The molecule has 6 nitrogen and oxygen atoms in total. The smallest absolute Gasteiger partial charge is 0.258 e. The average Bonchev–Trinajstić information content (AvgIpc) is 3.40. The number of nitrogens with zero attached hydrogens (tertiary/aromatic N) is 1. The zero-order chi connectivity index (χ0) is 25.6. The molecule has 4 aromatic carbocycles. The second kappa shape index (κ2) is 11.0. The van der Waals surface area contributed by atoms with Crippen molar-refractivity contribution in [2.75, 3.05) is 11.7 Å². The lowest BCUT2D eigenvalue weighted by Gasteiger charge is -2.24. The first-order chi connectivity index (χ1) is 18.0. The molecular formula is C31H28N2O4. The summed E-state index contributed by atoms with van der Waals surface area (Å²) in [4.78, 5) is 28.1. The Morgan fingerprint density at radius 3 is 2.35 bits per heavy atom. The van der Waals surface area contributed by atoms with Gasteiger partial charge in [0.25, 0.3) is 5.91 Å². The van der Waals surface area contributed by atoms with Crippen LogP contribution in [0.4, 0.5) is 5.69 Å². The summed E-state index contributed by atoms with van der Waals surface area (Å²) >= 11 is 0. The molecule has 0 saturated carbocycles. The Labute approximate surface area is 216 Å². The van der Waals surface area contributed by atoms with Crippen LogP contribution in [0.25, 0.3) is 0 Å². The molecule has 6 heteroatoms. The van der Waals surface area contributed by atoms with Crippen LogP contribution in [0.5, 0.6) is 11.5 Å². The molecule has 1 aliphatic rings. The predicted molar refractivity (Wildman–Crippen MR) is 143 cm³/mol. The van der Waals surface area contributed by atoms with Gasteiger partial charge in [-0.05, 0) is 53.9 Å². The van der Waals surface area contributed by atoms with Gasteiger partial charge in [0.2, 0.25) is 12.7 Å². The Bertz CT molecular complexity index is 1400. The summed E-state index contributed by atoms with van der Waals surface area (Å²) in [7, 11) is 0. The molecule has 4 aromatic rings. The Kier molecular flexibility index (Phi) is 7.17. The molecule has 1 aliphatic heterocycles. The molecule has 0 aliphatic carbocycles. The number of anilines is 1. The molecule has 0 atom stereocenters. The number of fused-ring (bicyclic) bond motifs is 1. The standard InChI is InChI=1S/C31H28N2O4/c1-22-10-12-24(13-11-22)20-33(31(35)26-14-15-28-29(18-26)37-21-36-28)27-9-5-8-25(16-27)17-30(34)32-19-23-6-3-2-4-7-23/h2-16,18H,17,19-21H2,1H3,(H,32,34). The van der Waals surface area contributed by atoms with E-state index in [1.165, 1.54) is 0 Å². The van der Waals surface area contributed by atoms with Gasteiger partial charge in [0.1, 0.15) is 0 Å². The molecule has 0 aromatic heterocycles. The molecule has 0 spiro atoms. The van der Waals surface area contributed by atoms with Gasteiger partial charge in [-0.3, -0.25) is 9.59 Å². The quantitative estimate of drug-likeness (QED) is 0.356. The van der Waals surface area contributed by atoms with E-state index in [2.05, 4.69) is 5.32 Å². The van der Waals surface area contributed by atoms with E-state index in [4.69, 9.17) is 9.47 Å². The third-order valence-electron chi connectivity index (χ3n) is 6.25. The maximum atomic E-state index is 13.8. The van der Waals surface area contributed by atoms with Crippen molar-refractivity contribution in [3.8, 4) is 11.5 Å². The van der Waals surface area contributed by atoms with Crippen molar-refractivity contribution >= 4 is 17.5 Å². The highest BCUT2D eigenvalue weighted by Gasteiger charge is 2.22. The van der Waals surface area contributed by atoms with Crippen LogP contribution < -0.4 is 19.7 Å². The van der Waals surface area contributed by atoms with Gasteiger partial charge >= 0.3 is 0 Å². The molecule has 37 heavy (non-hydrogen) atoms. The third kappa shape index (κ3) is 5.98. The van der Waals surface area contributed by atoms with Crippen LogP contribution in [0.2, 0.25) is 0 Å². The Morgan fingerprint density at radius 2 is 1.54 bits per heavy atom. The molecule has 0 unspecified atom stereocenters. The zero-order valence-electron chi connectivity index (χ0n) is 20.6. The summed E-state index contributed by atoms with van der Waals surface area (Å²) in [5, 5.41) is 2.97. The number of carbonyl (C=O) groups is 2.